The summed E-state index contributed by atoms with van der Waals surface area (Å²) in [6.45, 7) is 0. The number of ether oxygens (including phenoxy) is 1. The van der Waals surface area contributed by atoms with Crippen LogP contribution in [-0.2, 0) is 4.79 Å². The summed E-state index contributed by atoms with van der Waals surface area (Å²) in [5.74, 6) is 0.499. The third-order valence-corrected chi connectivity index (χ3v) is 5.89. The molecule has 3 aromatic rings. The first kappa shape index (κ1) is 16.8. The van der Waals surface area contributed by atoms with E-state index in [1.807, 2.05) is 41.8 Å². The maximum Gasteiger partial charge on any atom is 0.304 e. The molecule has 1 aliphatic rings. The van der Waals surface area contributed by atoms with Crippen LogP contribution in [0.2, 0.25) is 0 Å². The van der Waals surface area contributed by atoms with Crippen LogP contribution in [0.15, 0.2) is 52.0 Å². The molecule has 26 heavy (non-hydrogen) atoms. The Labute approximate surface area is 157 Å². The molecule has 0 amide bonds. The van der Waals surface area contributed by atoms with E-state index in [0.717, 1.165) is 21.9 Å². The molecule has 132 valence electrons. The molecule has 1 aliphatic heterocycles. The maximum atomic E-state index is 11.3. The molecule has 0 saturated heterocycles. The van der Waals surface area contributed by atoms with Crippen molar-refractivity contribution in [1.29, 1.82) is 0 Å². The van der Waals surface area contributed by atoms with Crippen molar-refractivity contribution in [2.24, 2.45) is 5.10 Å². The number of nitrogens with zero attached hydrogens (tertiary/aromatic N) is 4. The summed E-state index contributed by atoms with van der Waals surface area (Å²) in [4.78, 5) is 12.2. The number of methoxy groups -OCH3 is 1. The number of carboxylic acids is 1. The highest BCUT2D eigenvalue weighted by Crippen LogP contribution is 2.35. The van der Waals surface area contributed by atoms with Gasteiger partial charge in [-0.25, -0.2) is 0 Å². The van der Waals surface area contributed by atoms with Crippen molar-refractivity contribution in [3.63, 3.8) is 0 Å². The van der Waals surface area contributed by atoms with E-state index in [-0.39, 0.29) is 11.7 Å². The fraction of sp³-hybridized carbons (Fsp3) is 0.176. The van der Waals surface area contributed by atoms with Gasteiger partial charge in [-0.15, -0.1) is 21.5 Å². The summed E-state index contributed by atoms with van der Waals surface area (Å²) in [6, 6.07) is 11.4. The van der Waals surface area contributed by atoms with E-state index in [2.05, 4.69) is 10.2 Å². The predicted molar refractivity (Wildman–Crippen MR) is 100 cm³/mol. The quantitative estimate of drug-likeness (QED) is 0.724. The first-order chi connectivity index (χ1) is 12.7. The van der Waals surface area contributed by atoms with E-state index in [1.54, 1.807) is 11.8 Å². The first-order valence-corrected chi connectivity index (χ1v) is 9.52. The molecule has 1 unspecified atom stereocenters. The van der Waals surface area contributed by atoms with E-state index in [0.29, 0.717) is 11.0 Å². The number of fused-ring (bicyclic) bond motifs is 1. The van der Waals surface area contributed by atoms with Gasteiger partial charge in [0.15, 0.2) is 5.82 Å². The fourth-order valence-electron chi connectivity index (χ4n) is 2.63. The second-order valence-electron chi connectivity index (χ2n) is 5.51. The Hall–Kier alpha value is -2.65. The highest BCUT2D eigenvalue weighted by Gasteiger charge is 2.31. The number of aromatic nitrogens is 3. The van der Waals surface area contributed by atoms with Gasteiger partial charge in [0.25, 0.3) is 0 Å². The molecule has 1 atom stereocenters. The van der Waals surface area contributed by atoms with E-state index < -0.39 is 5.97 Å². The van der Waals surface area contributed by atoms with Crippen molar-refractivity contribution < 1.29 is 14.6 Å². The minimum atomic E-state index is -0.866. The Bertz CT molecular complexity index is 965. The number of carboxylic acid groups (broad SMARTS) is 1. The van der Waals surface area contributed by atoms with Crippen molar-refractivity contribution in [1.82, 2.24) is 14.9 Å². The van der Waals surface area contributed by atoms with Gasteiger partial charge in [0.05, 0.1) is 29.4 Å². The summed E-state index contributed by atoms with van der Waals surface area (Å²) < 4.78 is 6.87. The molecule has 1 aromatic carbocycles. The Morgan fingerprint density at radius 3 is 2.73 bits per heavy atom. The third kappa shape index (κ3) is 3.11. The van der Waals surface area contributed by atoms with Crippen LogP contribution in [0.1, 0.15) is 11.3 Å². The molecule has 9 heteroatoms. The average Bonchev–Trinajstić information content (AvgIpc) is 3.30. The highest BCUT2D eigenvalue weighted by molar-refractivity contribution is 8.00. The lowest BCUT2D eigenvalue weighted by atomic mass is 10.1. The average molecular weight is 386 g/mol. The van der Waals surface area contributed by atoms with Crippen molar-refractivity contribution in [3.05, 3.63) is 46.7 Å². The number of carbonyl (C=O) groups is 1. The van der Waals surface area contributed by atoms with Crippen molar-refractivity contribution in [3.8, 4) is 17.1 Å². The van der Waals surface area contributed by atoms with E-state index >= 15 is 0 Å². The number of rotatable bonds is 5. The van der Waals surface area contributed by atoms with Gasteiger partial charge in [-0.1, -0.05) is 17.8 Å². The van der Waals surface area contributed by atoms with Crippen molar-refractivity contribution in [2.75, 3.05) is 7.11 Å². The zero-order valence-electron chi connectivity index (χ0n) is 13.7. The SMILES string of the molecule is COc1ccc(-c2nnc3n2N=C(c2cccs2)C(CC(=O)O)S3)cc1. The fourth-order valence-corrected chi connectivity index (χ4v) is 4.55. The van der Waals surface area contributed by atoms with Crippen molar-refractivity contribution in [2.45, 2.75) is 16.8 Å². The molecule has 0 spiro atoms. The Kier molecular flexibility index (Phi) is 4.48. The number of benzene rings is 1. The number of hydrogen-bond donors (Lipinski definition) is 1. The lowest BCUT2D eigenvalue weighted by Gasteiger charge is -2.21. The summed E-state index contributed by atoms with van der Waals surface area (Å²) in [5, 5.41) is 24.6. The number of hydrogen-bond acceptors (Lipinski definition) is 7. The van der Waals surface area contributed by atoms with Gasteiger partial charge in [-0.05, 0) is 35.7 Å². The van der Waals surface area contributed by atoms with Crippen LogP contribution in [0.4, 0.5) is 0 Å². The third-order valence-electron chi connectivity index (χ3n) is 3.85. The van der Waals surface area contributed by atoms with Gasteiger partial charge >= 0.3 is 5.97 Å². The summed E-state index contributed by atoms with van der Waals surface area (Å²) in [6.07, 6.45) is -0.0217. The lowest BCUT2D eigenvalue weighted by molar-refractivity contribution is -0.136. The van der Waals surface area contributed by atoms with Crippen LogP contribution in [-0.4, -0.2) is 44.0 Å². The molecule has 0 fully saturated rings. The molecule has 0 bridgehead atoms. The summed E-state index contributed by atoms with van der Waals surface area (Å²) >= 11 is 2.91. The Balaban J connectivity index is 1.78. The smallest absolute Gasteiger partial charge is 0.304 e. The van der Waals surface area contributed by atoms with Crippen LogP contribution in [0.25, 0.3) is 11.4 Å². The Morgan fingerprint density at radius 2 is 2.08 bits per heavy atom. The lowest BCUT2D eigenvalue weighted by Crippen LogP contribution is -2.26. The van der Waals surface area contributed by atoms with Crippen LogP contribution in [0, 0.1) is 0 Å². The minimum absolute atomic E-state index is 0.0217. The van der Waals surface area contributed by atoms with Crippen molar-refractivity contribution >= 4 is 34.8 Å². The summed E-state index contributed by atoms with van der Waals surface area (Å²) in [5.41, 5.74) is 1.59. The molecule has 0 saturated carbocycles. The van der Waals surface area contributed by atoms with Crippen LogP contribution < -0.4 is 4.74 Å². The molecular weight excluding hydrogens is 372 g/mol. The van der Waals surface area contributed by atoms with E-state index in [1.165, 1.54) is 23.1 Å². The maximum absolute atomic E-state index is 11.3. The number of thiophene rings is 1. The number of aliphatic carboxylic acids is 1. The van der Waals surface area contributed by atoms with Crippen LogP contribution in [0.3, 0.4) is 0 Å². The van der Waals surface area contributed by atoms with Gasteiger partial charge < -0.3 is 9.84 Å². The molecule has 2 aromatic heterocycles. The van der Waals surface area contributed by atoms with Crippen LogP contribution >= 0.6 is 23.1 Å². The molecule has 4 rings (SSSR count). The van der Waals surface area contributed by atoms with Gasteiger partial charge in [-0.3, -0.25) is 4.79 Å². The molecule has 7 nitrogen and oxygen atoms in total. The molecule has 0 aliphatic carbocycles. The van der Waals surface area contributed by atoms with E-state index in [4.69, 9.17) is 9.84 Å². The van der Waals surface area contributed by atoms with Gasteiger partial charge in [-0.2, -0.15) is 9.78 Å². The molecule has 1 N–H and O–H groups in total. The van der Waals surface area contributed by atoms with Gasteiger partial charge in [0, 0.05) is 5.56 Å². The molecule has 0 radical (unpaired) electrons. The summed E-state index contributed by atoms with van der Waals surface area (Å²) in [7, 11) is 1.62. The normalized spacial score (nSPS) is 16.0. The second-order valence-corrected chi connectivity index (χ2v) is 7.63. The highest BCUT2D eigenvalue weighted by atomic mass is 32.2. The minimum Gasteiger partial charge on any atom is -0.497 e. The standard InChI is InChI=1S/C17H14N4O3S2/c1-24-11-6-4-10(5-7-11)16-18-19-17-21(16)20-15(12-3-2-8-25-12)13(26-17)9-14(22)23/h2-8,13H,9H2,1H3,(H,22,23). The molecular formula is C17H14N4O3S2. The topological polar surface area (TPSA) is 89.6 Å². The zero-order valence-corrected chi connectivity index (χ0v) is 15.3. The van der Waals surface area contributed by atoms with E-state index in [9.17, 15) is 9.90 Å². The first-order valence-electron chi connectivity index (χ1n) is 7.76. The van der Waals surface area contributed by atoms with Gasteiger partial charge in [0.1, 0.15) is 5.75 Å². The molecule has 3 heterocycles. The number of thioether (sulfide) groups is 1. The van der Waals surface area contributed by atoms with Crippen LogP contribution in [0.5, 0.6) is 5.75 Å². The second kappa shape index (κ2) is 6.93. The Morgan fingerprint density at radius 1 is 1.27 bits per heavy atom. The zero-order chi connectivity index (χ0) is 18.1. The largest absolute Gasteiger partial charge is 0.497 e. The predicted octanol–water partition coefficient (Wildman–Crippen LogP) is 3.22. The van der Waals surface area contributed by atoms with Gasteiger partial charge in [0.2, 0.25) is 5.16 Å². The monoisotopic (exact) mass is 386 g/mol.